The van der Waals surface area contributed by atoms with Crippen LogP contribution in [0.3, 0.4) is 0 Å². The quantitative estimate of drug-likeness (QED) is 0.863. The molecule has 0 spiro atoms. The molecule has 0 radical (unpaired) electrons. The largest absolute Gasteiger partial charge is 0.385 e. The van der Waals surface area contributed by atoms with E-state index in [4.69, 9.17) is 4.98 Å². The Labute approximate surface area is 161 Å². The topological polar surface area (TPSA) is 56.6 Å². The zero-order valence-electron chi connectivity index (χ0n) is 16.3. The van der Waals surface area contributed by atoms with E-state index in [2.05, 4.69) is 17.0 Å². The van der Waals surface area contributed by atoms with Gasteiger partial charge in [0.15, 0.2) is 0 Å². The molecule has 1 aromatic carbocycles. The van der Waals surface area contributed by atoms with Gasteiger partial charge in [-0.15, -0.1) is 0 Å². The lowest BCUT2D eigenvalue weighted by Crippen LogP contribution is -2.57. The average molecular weight is 367 g/mol. The van der Waals surface area contributed by atoms with E-state index in [9.17, 15) is 10.2 Å². The number of nitrogens with zero attached hydrogens (tertiary/aromatic N) is 2. The summed E-state index contributed by atoms with van der Waals surface area (Å²) in [5, 5.41) is 22.1. The minimum absolute atomic E-state index is 0.204. The third-order valence-corrected chi connectivity index (χ3v) is 6.41. The minimum Gasteiger partial charge on any atom is -0.385 e. The van der Waals surface area contributed by atoms with Crippen LogP contribution < -0.4 is 4.90 Å². The van der Waals surface area contributed by atoms with Gasteiger partial charge in [0.2, 0.25) is 0 Å². The Balaban J connectivity index is 1.68. The summed E-state index contributed by atoms with van der Waals surface area (Å²) < 4.78 is 0. The van der Waals surface area contributed by atoms with Crippen molar-refractivity contribution >= 4 is 5.82 Å². The zero-order valence-corrected chi connectivity index (χ0v) is 16.3. The van der Waals surface area contributed by atoms with Crippen molar-refractivity contribution in [2.45, 2.75) is 63.2 Å². The second-order valence-electron chi connectivity index (χ2n) is 8.63. The van der Waals surface area contributed by atoms with Crippen molar-refractivity contribution in [3.8, 4) is 0 Å². The Morgan fingerprint density at radius 3 is 2.52 bits per heavy atom. The number of aliphatic hydroxyl groups is 2. The van der Waals surface area contributed by atoms with E-state index in [0.717, 1.165) is 30.8 Å². The maximum atomic E-state index is 11.7. The molecule has 4 nitrogen and oxygen atoms in total. The van der Waals surface area contributed by atoms with E-state index >= 15 is 0 Å². The monoisotopic (exact) mass is 366 g/mol. The van der Waals surface area contributed by atoms with Gasteiger partial charge in [-0.05, 0) is 50.8 Å². The molecule has 2 N–H and O–H groups in total. The first kappa shape index (κ1) is 18.5. The molecule has 4 heteroatoms. The maximum absolute atomic E-state index is 11.7. The lowest BCUT2D eigenvalue weighted by Gasteiger charge is -2.53. The third kappa shape index (κ3) is 3.37. The molecular weight excluding hydrogens is 336 g/mol. The second-order valence-corrected chi connectivity index (χ2v) is 8.63. The number of hydrogen-bond acceptors (Lipinski definition) is 4. The van der Waals surface area contributed by atoms with Gasteiger partial charge in [0, 0.05) is 18.5 Å². The molecule has 1 aliphatic carbocycles. The van der Waals surface area contributed by atoms with Crippen LogP contribution in [0.2, 0.25) is 0 Å². The number of piperidine rings is 1. The fraction of sp³-hybridized carbons (Fsp3) is 0.522. The van der Waals surface area contributed by atoms with E-state index in [-0.39, 0.29) is 12.0 Å². The molecule has 1 aliphatic heterocycles. The highest BCUT2D eigenvalue weighted by Gasteiger charge is 2.49. The van der Waals surface area contributed by atoms with Gasteiger partial charge in [-0.1, -0.05) is 49.2 Å². The van der Waals surface area contributed by atoms with Crippen molar-refractivity contribution < 1.29 is 10.2 Å². The van der Waals surface area contributed by atoms with Crippen molar-refractivity contribution in [3.05, 3.63) is 59.8 Å². The van der Waals surface area contributed by atoms with Crippen molar-refractivity contribution in [1.82, 2.24) is 4.98 Å². The van der Waals surface area contributed by atoms with Crippen LogP contribution in [0, 0.1) is 5.92 Å². The van der Waals surface area contributed by atoms with Gasteiger partial charge < -0.3 is 15.1 Å². The van der Waals surface area contributed by atoms with Crippen molar-refractivity contribution in [3.63, 3.8) is 0 Å². The molecule has 0 unspecified atom stereocenters. The fourth-order valence-electron chi connectivity index (χ4n) is 4.98. The SMILES string of the molecule is CC(C)(O)c1cccc(N2CC[C@](O)(c3ccccc3)[C@H]3CCCC[C@H]32)n1. The second kappa shape index (κ2) is 6.92. The molecular formula is C23H30N2O2. The lowest BCUT2D eigenvalue weighted by molar-refractivity contribution is -0.0691. The van der Waals surface area contributed by atoms with Gasteiger partial charge in [-0.2, -0.15) is 0 Å². The number of benzene rings is 1. The number of anilines is 1. The van der Waals surface area contributed by atoms with Crippen molar-refractivity contribution in [1.29, 1.82) is 0 Å². The predicted molar refractivity (Wildman–Crippen MR) is 108 cm³/mol. The van der Waals surface area contributed by atoms with Crippen molar-refractivity contribution in [2.24, 2.45) is 5.92 Å². The van der Waals surface area contributed by atoms with Crippen LogP contribution >= 0.6 is 0 Å². The minimum atomic E-state index is -0.956. The third-order valence-electron chi connectivity index (χ3n) is 6.41. The summed E-state index contributed by atoms with van der Waals surface area (Å²) in [6, 6.07) is 16.3. The highest BCUT2D eigenvalue weighted by molar-refractivity contribution is 5.44. The van der Waals surface area contributed by atoms with Gasteiger partial charge >= 0.3 is 0 Å². The number of hydrogen-bond donors (Lipinski definition) is 2. The number of pyridine rings is 1. The van der Waals surface area contributed by atoms with Crippen LogP contribution in [0.1, 0.15) is 57.2 Å². The normalized spacial score (nSPS) is 28.7. The number of fused-ring (bicyclic) bond motifs is 1. The summed E-state index contributed by atoms with van der Waals surface area (Å²) in [5.41, 5.74) is 0.00944. The van der Waals surface area contributed by atoms with Crippen LogP contribution in [0.5, 0.6) is 0 Å². The molecule has 2 heterocycles. The van der Waals surface area contributed by atoms with Gasteiger partial charge in [0.05, 0.1) is 11.3 Å². The highest BCUT2D eigenvalue weighted by Crippen LogP contribution is 2.47. The molecule has 2 aliphatic rings. The summed E-state index contributed by atoms with van der Waals surface area (Å²) in [5.74, 6) is 1.12. The van der Waals surface area contributed by atoms with Gasteiger partial charge in [-0.3, -0.25) is 0 Å². The van der Waals surface area contributed by atoms with E-state index in [1.54, 1.807) is 13.8 Å². The first-order valence-electron chi connectivity index (χ1n) is 10.1. The molecule has 2 aromatic rings. The number of rotatable bonds is 3. The van der Waals surface area contributed by atoms with Crippen LogP contribution in [-0.2, 0) is 11.2 Å². The summed E-state index contributed by atoms with van der Waals surface area (Å²) in [4.78, 5) is 7.15. The molecule has 0 amide bonds. The maximum Gasteiger partial charge on any atom is 0.129 e. The van der Waals surface area contributed by atoms with Crippen molar-refractivity contribution in [2.75, 3.05) is 11.4 Å². The van der Waals surface area contributed by atoms with Gasteiger partial charge in [0.1, 0.15) is 11.4 Å². The zero-order chi connectivity index (χ0) is 19.1. The molecule has 0 bridgehead atoms. The van der Waals surface area contributed by atoms with Crippen LogP contribution in [0.15, 0.2) is 48.5 Å². The molecule has 1 saturated carbocycles. The predicted octanol–water partition coefficient (Wildman–Crippen LogP) is 3.97. The Bertz CT molecular complexity index is 786. The van der Waals surface area contributed by atoms with E-state index in [1.165, 1.54) is 12.8 Å². The van der Waals surface area contributed by atoms with E-state index in [0.29, 0.717) is 12.1 Å². The Morgan fingerprint density at radius 1 is 1.04 bits per heavy atom. The molecule has 27 heavy (non-hydrogen) atoms. The fourth-order valence-corrected chi connectivity index (χ4v) is 4.98. The van der Waals surface area contributed by atoms with Crippen LogP contribution in [-0.4, -0.2) is 27.8 Å². The first-order chi connectivity index (χ1) is 12.9. The first-order valence-corrected chi connectivity index (χ1v) is 10.1. The lowest BCUT2D eigenvalue weighted by atomic mass is 9.66. The summed E-state index contributed by atoms with van der Waals surface area (Å²) in [6.45, 7) is 4.31. The van der Waals surface area contributed by atoms with Crippen LogP contribution in [0.4, 0.5) is 5.82 Å². The van der Waals surface area contributed by atoms with E-state index in [1.807, 2.05) is 36.4 Å². The average Bonchev–Trinajstić information content (AvgIpc) is 2.69. The standard InChI is InChI=1S/C23H30N2O2/c1-22(2,26)20-13-8-14-21(24-20)25-16-15-23(27,17-9-4-3-5-10-17)18-11-6-7-12-19(18)25/h3-5,8-10,13-14,18-19,26-27H,6-7,11-12,15-16H2,1-2H3/t18-,19+,23-/m0/s1. The number of aromatic nitrogens is 1. The van der Waals surface area contributed by atoms with Gasteiger partial charge in [-0.25, -0.2) is 4.98 Å². The van der Waals surface area contributed by atoms with Crippen LogP contribution in [0.25, 0.3) is 0 Å². The molecule has 144 valence electrons. The summed E-state index contributed by atoms with van der Waals surface area (Å²) >= 11 is 0. The molecule has 2 fully saturated rings. The molecule has 4 rings (SSSR count). The summed E-state index contributed by atoms with van der Waals surface area (Å²) in [6.07, 6.45) is 5.17. The highest BCUT2D eigenvalue weighted by atomic mass is 16.3. The van der Waals surface area contributed by atoms with Gasteiger partial charge in [0.25, 0.3) is 0 Å². The Kier molecular flexibility index (Phi) is 4.73. The molecule has 3 atom stereocenters. The Hall–Kier alpha value is -1.91. The molecule has 1 aromatic heterocycles. The van der Waals surface area contributed by atoms with E-state index < -0.39 is 11.2 Å². The smallest absolute Gasteiger partial charge is 0.129 e. The summed E-state index contributed by atoms with van der Waals surface area (Å²) in [7, 11) is 0. The molecule has 1 saturated heterocycles. The Morgan fingerprint density at radius 2 is 1.78 bits per heavy atom.